The Morgan fingerprint density at radius 3 is 2.56 bits per heavy atom. The van der Waals surface area contributed by atoms with Crippen molar-refractivity contribution in [3.63, 3.8) is 0 Å². The maximum atomic E-state index is 10.5. The fraction of sp³-hybridized carbons (Fsp3) is 0.909. The van der Waals surface area contributed by atoms with E-state index in [2.05, 4.69) is 5.32 Å². The molecule has 0 aromatic rings. The van der Waals surface area contributed by atoms with Crippen molar-refractivity contribution in [1.29, 1.82) is 0 Å². The second-order valence-corrected chi connectivity index (χ2v) is 4.98. The van der Waals surface area contributed by atoms with Crippen molar-refractivity contribution >= 4 is 5.97 Å². The molecule has 0 spiro atoms. The van der Waals surface area contributed by atoms with Crippen molar-refractivity contribution in [2.24, 2.45) is 17.8 Å². The van der Waals surface area contributed by atoms with E-state index in [9.17, 15) is 9.90 Å². The molecule has 4 unspecified atom stereocenters. The number of hydrogen-bond acceptors (Lipinski definition) is 4. The molecule has 16 heavy (non-hydrogen) atoms. The summed E-state index contributed by atoms with van der Waals surface area (Å²) in [6.45, 7) is 5.50. The number of hydrogen-bond donors (Lipinski definition) is 3. The lowest BCUT2D eigenvalue weighted by atomic mass is 10.00. The molecule has 5 nitrogen and oxygen atoms in total. The number of carboxylic acids is 1. The van der Waals surface area contributed by atoms with Gasteiger partial charge < -0.3 is 14.9 Å². The van der Waals surface area contributed by atoms with E-state index in [1.165, 1.54) is 0 Å². The second-order valence-electron chi connectivity index (χ2n) is 4.98. The summed E-state index contributed by atoms with van der Waals surface area (Å²) in [6, 6.07) is 0. The largest absolute Gasteiger partial charge is 0.480 e. The molecular weight excluding hydrogens is 210 g/mol. The molecule has 0 aromatic heterocycles. The quantitative estimate of drug-likeness (QED) is 0.572. The minimum atomic E-state index is -0.966. The number of rotatable bonds is 6. The van der Waals surface area contributed by atoms with Crippen LogP contribution in [0.3, 0.4) is 0 Å². The van der Waals surface area contributed by atoms with Crippen LogP contribution < -0.4 is 5.32 Å². The van der Waals surface area contributed by atoms with Crippen LogP contribution in [0, 0.1) is 17.8 Å². The number of ether oxygens (including phenoxy) is 1. The van der Waals surface area contributed by atoms with E-state index in [1.807, 2.05) is 20.8 Å². The molecule has 0 saturated heterocycles. The molecule has 94 valence electrons. The molecule has 1 rings (SSSR count). The third kappa shape index (κ3) is 2.72. The molecule has 1 aliphatic carbocycles. The maximum Gasteiger partial charge on any atom is 0.329 e. The molecule has 0 aliphatic heterocycles. The lowest BCUT2D eigenvalue weighted by Crippen LogP contribution is -2.35. The van der Waals surface area contributed by atoms with Gasteiger partial charge >= 0.3 is 5.97 Å². The highest BCUT2D eigenvalue weighted by Gasteiger charge is 2.58. The third-order valence-corrected chi connectivity index (χ3v) is 3.48. The predicted molar refractivity (Wildman–Crippen MR) is 58.9 cm³/mol. The van der Waals surface area contributed by atoms with Crippen molar-refractivity contribution < 1.29 is 19.7 Å². The Balaban J connectivity index is 2.54. The van der Waals surface area contributed by atoms with E-state index >= 15 is 0 Å². The van der Waals surface area contributed by atoms with E-state index in [0.29, 0.717) is 5.92 Å². The molecule has 5 heteroatoms. The molecular formula is C11H21NO4. The lowest BCUT2D eigenvalue weighted by Gasteiger charge is -2.26. The summed E-state index contributed by atoms with van der Waals surface area (Å²) in [5.41, 5.74) is -0.514. The van der Waals surface area contributed by atoms with E-state index in [4.69, 9.17) is 9.84 Å². The van der Waals surface area contributed by atoms with Gasteiger partial charge in [-0.1, -0.05) is 6.92 Å². The fourth-order valence-electron chi connectivity index (χ4n) is 2.61. The highest BCUT2D eigenvalue weighted by Crippen LogP contribution is 2.54. The van der Waals surface area contributed by atoms with Gasteiger partial charge in [-0.15, -0.1) is 0 Å². The van der Waals surface area contributed by atoms with Crippen LogP contribution in [0.4, 0.5) is 0 Å². The van der Waals surface area contributed by atoms with Gasteiger partial charge in [0.05, 0.1) is 5.60 Å². The minimum Gasteiger partial charge on any atom is -0.480 e. The van der Waals surface area contributed by atoms with Crippen molar-refractivity contribution in [1.82, 2.24) is 5.32 Å². The summed E-state index contributed by atoms with van der Waals surface area (Å²) < 4.78 is 5.37. The average Bonchev–Trinajstić information content (AvgIpc) is 2.87. The summed E-state index contributed by atoms with van der Waals surface area (Å²) in [7, 11) is 1.71. The molecule has 0 bridgehead atoms. The average molecular weight is 231 g/mol. The van der Waals surface area contributed by atoms with E-state index in [0.717, 1.165) is 0 Å². The van der Waals surface area contributed by atoms with Gasteiger partial charge in [0.1, 0.15) is 12.8 Å². The van der Waals surface area contributed by atoms with Gasteiger partial charge in [0, 0.05) is 5.92 Å². The van der Waals surface area contributed by atoms with Crippen LogP contribution in [0.5, 0.6) is 0 Å². The Labute approximate surface area is 95.8 Å². The Kier molecular flexibility index (Phi) is 3.93. The highest BCUT2D eigenvalue weighted by atomic mass is 16.5. The number of aliphatic hydroxyl groups is 1. The van der Waals surface area contributed by atoms with Crippen molar-refractivity contribution in [3.05, 3.63) is 0 Å². The molecule has 1 aliphatic rings. The number of aliphatic carboxylic acids is 1. The first kappa shape index (κ1) is 13.4. The van der Waals surface area contributed by atoms with Crippen LogP contribution in [0.25, 0.3) is 0 Å². The SMILES string of the molecule is CNC(O)C1C(C)C1C(C)(C)OCC(=O)O. The lowest BCUT2D eigenvalue weighted by molar-refractivity contribution is -0.149. The smallest absolute Gasteiger partial charge is 0.329 e. The van der Waals surface area contributed by atoms with E-state index in [-0.39, 0.29) is 18.4 Å². The number of aliphatic hydroxyl groups excluding tert-OH is 1. The first-order valence-electron chi connectivity index (χ1n) is 5.52. The van der Waals surface area contributed by atoms with Crippen LogP contribution in [0.1, 0.15) is 20.8 Å². The third-order valence-electron chi connectivity index (χ3n) is 3.48. The first-order chi connectivity index (χ1) is 7.31. The molecule has 0 amide bonds. The van der Waals surface area contributed by atoms with Gasteiger partial charge in [0.25, 0.3) is 0 Å². The molecule has 4 atom stereocenters. The van der Waals surface area contributed by atoms with Crippen molar-refractivity contribution in [2.45, 2.75) is 32.6 Å². The standard InChI is InChI=1S/C11H21NO4/c1-6-8(10(15)12-4)9(6)11(2,3)16-5-7(13)14/h6,8-10,12,15H,5H2,1-4H3,(H,13,14). The van der Waals surface area contributed by atoms with Gasteiger partial charge in [-0.2, -0.15) is 0 Å². The summed E-state index contributed by atoms with van der Waals surface area (Å²) in [6.07, 6.45) is -0.548. The number of carbonyl (C=O) groups is 1. The Bertz CT molecular complexity index is 267. The van der Waals surface area contributed by atoms with Crippen LogP contribution >= 0.6 is 0 Å². The van der Waals surface area contributed by atoms with Gasteiger partial charge in [-0.05, 0) is 32.7 Å². The summed E-state index contributed by atoms with van der Waals surface area (Å²) in [5.74, 6) is -0.304. The molecule has 3 N–H and O–H groups in total. The summed E-state index contributed by atoms with van der Waals surface area (Å²) in [5, 5.41) is 21.1. The second kappa shape index (κ2) is 4.69. The topological polar surface area (TPSA) is 78.8 Å². The predicted octanol–water partition coefficient (Wildman–Crippen LogP) is 0.286. The monoisotopic (exact) mass is 231 g/mol. The van der Waals surface area contributed by atoms with Crippen LogP contribution in [0.15, 0.2) is 0 Å². The zero-order valence-electron chi connectivity index (χ0n) is 10.2. The van der Waals surface area contributed by atoms with Crippen molar-refractivity contribution in [2.75, 3.05) is 13.7 Å². The van der Waals surface area contributed by atoms with E-state index in [1.54, 1.807) is 7.05 Å². The zero-order chi connectivity index (χ0) is 12.5. The summed E-state index contributed by atoms with van der Waals surface area (Å²) >= 11 is 0. The zero-order valence-corrected chi connectivity index (χ0v) is 10.2. The Morgan fingerprint density at radius 1 is 1.56 bits per heavy atom. The van der Waals surface area contributed by atoms with Gasteiger partial charge in [0.2, 0.25) is 0 Å². The molecule has 0 heterocycles. The molecule has 0 radical (unpaired) electrons. The maximum absolute atomic E-state index is 10.5. The van der Waals surface area contributed by atoms with Gasteiger partial charge in [-0.3, -0.25) is 5.32 Å². The van der Waals surface area contributed by atoms with Gasteiger partial charge in [-0.25, -0.2) is 4.79 Å². The molecule has 1 fully saturated rings. The van der Waals surface area contributed by atoms with Crippen molar-refractivity contribution in [3.8, 4) is 0 Å². The minimum absolute atomic E-state index is 0.133. The number of nitrogens with one attached hydrogen (secondary N) is 1. The molecule has 1 saturated carbocycles. The summed E-state index contributed by atoms with van der Waals surface area (Å²) in [4.78, 5) is 10.5. The van der Waals surface area contributed by atoms with Crippen LogP contribution in [-0.2, 0) is 9.53 Å². The Morgan fingerprint density at radius 2 is 2.12 bits per heavy atom. The normalized spacial score (nSPS) is 31.2. The van der Waals surface area contributed by atoms with E-state index < -0.39 is 17.8 Å². The van der Waals surface area contributed by atoms with Crippen LogP contribution in [-0.4, -0.2) is 41.7 Å². The van der Waals surface area contributed by atoms with Gasteiger partial charge in [0.15, 0.2) is 0 Å². The first-order valence-corrected chi connectivity index (χ1v) is 5.52. The number of carboxylic acid groups (broad SMARTS) is 1. The highest BCUT2D eigenvalue weighted by molar-refractivity contribution is 5.68. The Hall–Kier alpha value is -0.650. The van der Waals surface area contributed by atoms with Crippen LogP contribution in [0.2, 0.25) is 0 Å². The fourth-order valence-corrected chi connectivity index (χ4v) is 2.61. The molecule has 0 aromatic carbocycles.